The van der Waals surface area contributed by atoms with Gasteiger partial charge in [-0.15, -0.1) is 0 Å². The maximum atomic E-state index is 3.60. The number of hydrogen-bond donors (Lipinski definition) is 1. The molecule has 1 saturated heterocycles. The van der Waals surface area contributed by atoms with Gasteiger partial charge in [-0.25, -0.2) is 0 Å². The van der Waals surface area contributed by atoms with Gasteiger partial charge in [0.25, 0.3) is 0 Å². The fourth-order valence-electron chi connectivity index (χ4n) is 2.86. The normalized spacial score (nSPS) is 20.9. The first-order valence-electron chi connectivity index (χ1n) is 7.46. The molecule has 0 saturated carbocycles. The summed E-state index contributed by atoms with van der Waals surface area (Å²) in [6.07, 6.45) is 4.97. The minimum Gasteiger partial charge on any atom is -0.311 e. The fourth-order valence-corrected chi connectivity index (χ4v) is 2.86. The lowest BCUT2D eigenvalue weighted by atomic mass is 10.1. The number of hydrogen-bond acceptors (Lipinski definition) is 2. The van der Waals surface area contributed by atoms with Gasteiger partial charge in [0.1, 0.15) is 0 Å². The highest BCUT2D eigenvalue weighted by atomic mass is 15.2. The van der Waals surface area contributed by atoms with Gasteiger partial charge in [-0.05, 0) is 38.4 Å². The highest BCUT2D eigenvalue weighted by Crippen LogP contribution is 2.15. The van der Waals surface area contributed by atoms with Crippen LogP contribution in [-0.4, -0.2) is 37.1 Å². The molecule has 0 bridgehead atoms. The maximum Gasteiger partial charge on any atom is 0.0221 e. The number of nitrogens with zero attached hydrogens (tertiary/aromatic N) is 1. The molecule has 1 aliphatic rings. The van der Waals surface area contributed by atoms with Crippen molar-refractivity contribution in [2.24, 2.45) is 0 Å². The van der Waals surface area contributed by atoms with Crippen LogP contribution < -0.4 is 5.32 Å². The lowest BCUT2D eigenvalue weighted by Gasteiger charge is -2.23. The van der Waals surface area contributed by atoms with E-state index in [2.05, 4.69) is 60.5 Å². The van der Waals surface area contributed by atoms with E-state index in [4.69, 9.17) is 0 Å². The molecule has 2 nitrogen and oxygen atoms in total. The van der Waals surface area contributed by atoms with Crippen molar-refractivity contribution in [2.45, 2.75) is 32.7 Å². The van der Waals surface area contributed by atoms with Crippen LogP contribution in [0, 0.1) is 0 Å². The molecule has 1 aliphatic heterocycles. The average molecular weight is 258 g/mol. The molecule has 1 N–H and O–H groups in total. The van der Waals surface area contributed by atoms with Crippen LogP contribution in [0.5, 0.6) is 0 Å². The van der Waals surface area contributed by atoms with Crippen molar-refractivity contribution >= 4 is 6.08 Å². The summed E-state index contributed by atoms with van der Waals surface area (Å²) in [6.45, 7) is 9.04. The Labute approximate surface area is 117 Å². The van der Waals surface area contributed by atoms with Gasteiger partial charge in [-0.2, -0.15) is 0 Å². The van der Waals surface area contributed by atoms with E-state index in [1.807, 2.05) is 0 Å². The molecule has 0 aromatic heterocycles. The summed E-state index contributed by atoms with van der Waals surface area (Å²) < 4.78 is 0. The van der Waals surface area contributed by atoms with E-state index < -0.39 is 0 Å². The Balaban J connectivity index is 1.75. The molecule has 1 atom stereocenters. The van der Waals surface area contributed by atoms with Crippen LogP contribution in [0.15, 0.2) is 35.9 Å². The smallest absolute Gasteiger partial charge is 0.0221 e. The van der Waals surface area contributed by atoms with E-state index >= 15 is 0 Å². The lowest BCUT2D eigenvalue weighted by Crippen LogP contribution is -2.38. The van der Waals surface area contributed by atoms with Gasteiger partial charge in [0.2, 0.25) is 0 Å². The van der Waals surface area contributed by atoms with E-state index in [0.717, 1.165) is 19.1 Å². The van der Waals surface area contributed by atoms with Gasteiger partial charge in [0.05, 0.1) is 0 Å². The summed E-state index contributed by atoms with van der Waals surface area (Å²) >= 11 is 0. The second-order valence-corrected chi connectivity index (χ2v) is 5.46. The van der Waals surface area contributed by atoms with E-state index in [1.54, 1.807) is 0 Å². The molecule has 0 aliphatic carbocycles. The predicted octanol–water partition coefficient (Wildman–Crippen LogP) is 3.16. The van der Waals surface area contributed by atoms with Crippen molar-refractivity contribution in [2.75, 3.05) is 26.2 Å². The number of likely N-dealkylation sites (tertiary alicyclic amines) is 1. The zero-order valence-corrected chi connectivity index (χ0v) is 12.2. The summed E-state index contributed by atoms with van der Waals surface area (Å²) in [5, 5.41) is 3.60. The summed E-state index contributed by atoms with van der Waals surface area (Å²) in [6, 6.07) is 11.3. The zero-order chi connectivity index (χ0) is 13.5. The Hall–Kier alpha value is -1.12. The summed E-state index contributed by atoms with van der Waals surface area (Å²) in [4.78, 5) is 2.59. The van der Waals surface area contributed by atoms with E-state index in [1.165, 1.54) is 37.1 Å². The number of rotatable bonds is 6. The minimum atomic E-state index is 0.745. The van der Waals surface area contributed by atoms with E-state index in [9.17, 15) is 0 Å². The molecular weight excluding hydrogens is 232 g/mol. The predicted molar refractivity (Wildman–Crippen MR) is 83.2 cm³/mol. The van der Waals surface area contributed by atoms with Gasteiger partial charge in [0, 0.05) is 19.1 Å². The standard InChI is InChI=1S/C17H26N2/c1-3-19-11-7-10-17(19)14-18-13-15(2)12-16-8-5-4-6-9-16/h4-6,8-9,12,17-18H,3,7,10-11,13-14H2,1-2H3/b15-12+. The third-order valence-corrected chi connectivity index (χ3v) is 3.90. The van der Waals surface area contributed by atoms with Crippen LogP contribution >= 0.6 is 0 Å². The second kappa shape index (κ2) is 7.46. The molecule has 2 heteroatoms. The molecule has 2 rings (SSSR count). The highest BCUT2D eigenvalue weighted by molar-refractivity contribution is 5.52. The molecule has 0 spiro atoms. The van der Waals surface area contributed by atoms with Gasteiger partial charge in [-0.1, -0.05) is 48.9 Å². The van der Waals surface area contributed by atoms with Crippen LogP contribution in [-0.2, 0) is 0 Å². The Kier molecular flexibility index (Phi) is 5.62. The molecule has 0 amide bonds. The summed E-state index contributed by atoms with van der Waals surface area (Å²) in [7, 11) is 0. The van der Waals surface area contributed by atoms with E-state index in [-0.39, 0.29) is 0 Å². The van der Waals surface area contributed by atoms with E-state index in [0.29, 0.717) is 0 Å². The monoisotopic (exact) mass is 258 g/mol. The molecule has 1 aromatic carbocycles. The average Bonchev–Trinajstić information content (AvgIpc) is 2.87. The number of benzene rings is 1. The molecule has 1 fully saturated rings. The van der Waals surface area contributed by atoms with Gasteiger partial charge >= 0.3 is 0 Å². The van der Waals surface area contributed by atoms with Crippen molar-refractivity contribution in [3.8, 4) is 0 Å². The molecule has 0 radical (unpaired) electrons. The summed E-state index contributed by atoms with van der Waals surface area (Å²) in [5.41, 5.74) is 2.69. The molecule has 1 aromatic rings. The Bertz CT molecular complexity index is 397. The highest BCUT2D eigenvalue weighted by Gasteiger charge is 2.21. The van der Waals surface area contributed by atoms with Gasteiger partial charge < -0.3 is 5.32 Å². The zero-order valence-electron chi connectivity index (χ0n) is 12.2. The largest absolute Gasteiger partial charge is 0.311 e. The Morgan fingerprint density at radius 2 is 2.16 bits per heavy atom. The van der Waals surface area contributed by atoms with Crippen LogP contribution in [0.4, 0.5) is 0 Å². The SMILES string of the molecule is CCN1CCCC1CNC/C(C)=C/c1ccccc1. The Morgan fingerprint density at radius 1 is 1.37 bits per heavy atom. The van der Waals surface area contributed by atoms with Gasteiger partial charge in [-0.3, -0.25) is 4.90 Å². The third kappa shape index (κ3) is 4.48. The van der Waals surface area contributed by atoms with Crippen LogP contribution in [0.3, 0.4) is 0 Å². The molecule has 1 heterocycles. The van der Waals surface area contributed by atoms with Crippen LogP contribution in [0.2, 0.25) is 0 Å². The van der Waals surface area contributed by atoms with Crippen LogP contribution in [0.1, 0.15) is 32.3 Å². The molecule has 19 heavy (non-hydrogen) atoms. The first-order valence-corrected chi connectivity index (χ1v) is 7.46. The number of nitrogens with one attached hydrogen (secondary N) is 1. The van der Waals surface area contributed by atoms with Gasteiger partial charge in [0.15, 0.2) is 0 Å². The first kappa shape index (κ1) is 14.3. The van der Waals surface area contributed by atoms with Crippen molar-refractivity contribution in [1.82, 2.24) is 10.2 Å². The quantitative estimate of drug-likeness (QED) is 0.843. The van der Waals surface area contributed by atoms with Crippen LogP contribution in [0.25, 0.3) is 6.08 Å². The lowest BCUT2D eigenvalue weighted by molar-refractivity contribution is 0.262. The van der Waals surface area contributed by atoms with Crippen molar-refractivity contribution < 1.29 is 0 Å². The molecule has 1 unspecified atom stereocenters. The minimum absolute atomic E-state index is 0.745. The second-order valence-electron chi connectivity index (χ2n) is 5.46. The van der Waals surface area contributed by atoms with Crippen molar-refractivity contribution in [3.63, 3.8) is 0 Å². The molecule has 104 valence electrons. The van der Waals surface area contributed by atoms with Crippen molar-refractivity contribution in [3.05, 3.63) is 41.5 Å². The summed E-state index contributed by atoms with van der Waals surface area (Å²) in [5.74, 6) is 0. The third-order valence-electron chi connectivity index (χ3n) is 3.90. The first-order chi connectivity index (χ1) is 9.29. The number of likely N-dealkylation sites (N-methyl/N-ethyl adjacent to an activating group) is 1. The maximum absolute atomic E-state index is 3.60. The topological polar surface area (TPSA) is 15.3 Å². The fraction of sp³-hybridized carbons (Fsp3) is 0.529. The molecular formula is C17H26N2. The Morgan fingerprint density at radius 3 is 2.89 bits per heavy atom. The van der Waals surface area contributed by atoms with Crippen molar-refractivity contribution in [1.29, 1.82) is 0 Å².